The van der Waals surface area contributed by atoms with Crippen LogP contribution in [0.15, 0.2) is 0 Å². The highest BCUT2D eigenvalue weighted by molar-refractivity contribution is 4.99. The number of likely N-dealkylation sites (N-methyl/N-ethyl adjacent to an activating group) is 1. The van der Waals surface area contributed by atoms with Gasteiger partial charge in [0, 0.05) is 25.0 Å². The molecular weight excluding hydrogens is 172 g/mol. The molecule has 0 aliphatic heterocycles. The quantitative estimate of drug-likeness (QED) is 0.527. The fraction of sp³-hybridized carbons (Fsp3) is 0.833. The number of nitrogens with one attached hydrogen (secondary N) is 1. The summed E-state index contributed by atoms with van der Waals surface area (Å²) in [6.07, 6.45) is 5.04. The van der Waals surface area contributed by atoms with Crippen molar-refractivity contribution in [3.05, 3.63) is 0 Å². The average Bonchev–Trinajstić information content (AvgIpc) is 2.07. The van der Waals surface area contributed by atoms with E-state index in [2.05, 4.69) is 36.2 Å². The lowest BCUT2D eigenvalue weighted by molar-refractivity contribution is 0.0605. The van der Waals surface area contributed by atoms with Gasteiger partial charge in [0.1, 0.15) is 0 Å². The minimum Gasteiger partial charge on any atom is -0.314 e. The van der Waals surface area contributed by atoms with Gasteiger partial charge in [0.15, 0.2) is 0 Å². The predicted molar refractivity (Wildman–Crippen MR) is 61.2 cm³/mol. The molecular formula is C12H22N2. The molecule has 1 fully saturated rings. The first-order valence-electron chi connectivity index (χ1n) is 5.49. The molecule has 1 N–H and O–H groups in total. The molecule has 0 unspecified atom stereocenters. The summed E-state index contributed by atoms with van der Waals surface area (Å²) >= 11 is 0. The van der Waals surface area contributed by atoms with E-state index in [0.717, 1.165) is 19.5 Å². The van der Waals surface area contributed by atoms with Crippen molar-refractivity contribution in [3.8, 4) is 11.8 Å². The van der Waals surface area contributed by atoms with Crippen LogP contribution in [0.1, 0.15) is 32.6 Å². The summed E-state index contributed by atoms with van der Waals surface area (Å²) in [6.45, 7) is 4.04. The van der Waals surface area contributed by atoms with Crippen molar-refractivity contribution in [2.45, 2.75) is 38.1 Å². The first-order chi connectivity index (χ1) is 6.71. The van der Waals surface area contributed by atoms with E-state index in [4.69, 9.17) is 0 Å². The normalized spacial score (nSPS) is 18.6. The van der Waals surface area contributed by atoms with Gasteiger partial charge in [-0.1, -0.05) is 0 Å². The largest absolute Gasteiger partial charge is 0.314 e. The Bertz CT molecular complexity index is 218. The van der Waals surface area contributed by atoms with Crippen molar-refractivity contribution < 1.29 is 0 Å². The first-order valence-corrected chi connectivity index (χ1v) is 5.49. The second-order valence-electron chi connectivity index (χ2n) is 4.33. The van der Waals surface area contributed by atoms with E-state index in [0.29, 0.717) is 5.54 Å². The zero-order valence-electron chi connectivity index (χ0n) is 9.69. The number of nitrogens with zero attached hydrogens (tertiary/aromatic N) is 1. The third-order valence-corrected chi connectivity index (χ3v) is 3.29. The molecule has 0 spiro atoms. The van der Waals surface area contributed by atoms with Gasteiger partial charge in [-0.2, -0.15) is 0 Å². The van der Waals surface area contributed by atoms with Gasteiger partial charge in [0.2, 0.25) is 0 Å². The molecule has 0 heterocycles. The number of hydrogen-bond donors (Lipinski definition) is 1. The summed E-state index contributed by atoms with van der Waals surface area (Å²) in [6, 6.07) is 0. The molecule has 0 aromatic carbocycles. The summed E-state index contributed by atoms with van der Waals surface area (Å²) in [5.41, 5.74) is 0.444. The molecule has 2 nitrogen and oxygen atoms in total. The standard InChI is InChI=1S/C12H22N2/c1-4-5-6-10-13-11-12(14(2)3)8-7-9-12/h13H,6-11H2,1-3H3. The third-order valence-electron chi connectivity index (χ3n) is 3.29. The van der Waals surface area contributed by atoms with Crippen molar-refractivity contribution in [2.75, 3.05) is 27.2 Å². The predicted octanol–water partition coefficient (Wildman–Crippen LogP) is 1.47. The van der Waals surface area contributed by atoms with Crippen LogP contribution in [0, 0.1) is 11.8 Å². The molecule has 0 radical (unpaired) electrons. The molecule has 0 atom stereocenters. The van der Waals surface area contributed by atoms with Gasteiger partial charge < -0.3 is 10.2 Å². The Morgan fingerprint density at radius 2 is 2.07 bits per heavy atom. The minimum absolute atomic E-state index is 0.444. The van der Waals surface area contributed by atoms with E-state index < -0.39 is 0 Å². The SMILES string of the molecule is CC#CCCNCC1(N(C)C)CCC1. The van der Waals surface area contributed by atoms with Crippen LogP contribution in [0.4, 0.5) is 0 Å². The summed E-state index contributed by atoms with van der Waals surface area (Å²) in [4.78, 5) is 2.37. The Morgan fingerprint density at radius 3 is 2.50 bits per heavy atom. The van der Waals surface area contributed by atoms with Crippen LogP contribution in [0.3, 0.4) is 0 Å². The van der Waals surface area contributed by atoms with Gasteiger partial charge in [-0.3, -0.25) is 0 Å². The lowest BCUT2D eigenvalue weighted by Crippen LogP contribution is -2.56. The Labute approximate surface area is 88.1 Å². The molecule has 1 saturated carbocycles. The molecule has 80 valence electrons. The zero-order chi connectivity index (χ0) is 10.4. The maximum absolute atomic E-state index is 3.50. The maximum Gasteiger partial charge on any atom is 0.0327 e. The second-order valence-corrected chi connectivity index (χ2v) is 4.33. The van der Waals surface area contributed by atoms with Crippen LogP contribution in [-0.2, 0) is 0 Å². The fourth-order valence-corrected chi connectivity index (χ4v) is 1.96. The Morgan fingerprint density at radius 1 is 1.36 bits per heavy atom. The molecule has 1 aliphatic rings. The molecule has 1 rings (SSSR count). The summed E-state index contributed by atoms with van der Waals surface area (Å²) in [5, 5.41) is 3.50. The lowest BCUT2D eigenvalue weighted by Gasteiger charge is -2.47. The Balaban J connectivity index is 2.17. The Hall–Kier alpha value is -0.520. The molecule has 14 heavy (non-hydrogen) atoms. The van der Waals surface area contributed by atoms with Crippen LogP contribution >= 0.6 is 0 Å². The van der Waals surface area contributed by atoms with Gasteiger partial charge in [-0.05, 0) is 40.3 Å². The summed E-state index contributed by atoms with van der Waals surface area (Å²) in [7, 11) is 4.37. The van der Waals surface area contributed by atoms with E-state index in [1.54, 1.807) is 0 Å². The topological polar surface area (TPSA) is 15.3 Å². The molecule has 1 aliphatic carbocycles. The van der Waals surface area contributed by atoms with Crippen molar-refractivity contribution >= 4 is 0 Å². The monoisotopic (exact) mass is 194 g/mol. The van der Waals surface area contributed by atoms with Gasteiger partial charge in [0.25, 0.3) is 0 Å². The molecule has 0 bridgehead atoms. The zero-order valence-corrected chi connectivity index (χ0v) is 9.69. The first kappa shape index (κ1) is 11.6. The fourth-order valence-electron chi connectivity index (χ4n) is 1.96. The van der Waals surface area contributed by atoms with Gasteiger partial charge in [0.05, 0.1) is 0 Å². The minimum atomic E-state index is 0.444. The third kappa shape index (κ3) is 2.73. The molecule has 0 aromatic rings. The van der Waals surface area contributed by atoms with Gasteiger partial charge in [-0.15, -0.1) is 11.8 Å². The average molecular weight is 194 g/mol. The van der Waals surface area contributed by atoms with Gasteiger partial charge in [-0.25, -0.2) is 0 Å². The highest BCUT2D eigenvalue weighted by Crippen LogP contribution is 2.35. The van der Waals surface area contributed by atoms with Crippen molar-refractivity contribution in [1.29, 1.82) is 0 Å². The van der Waals surface area contributed by atoms with Crippen LogP contribution in [0.25, 0.3) is 0 Å². The number of hydrogen-bond acceptors (Lipinski definition) is 2. The van der Waals surface area contributed by atoms with Gasteiger partial charge >= 0.3 is 0 Å². The highest BCUT2D eigenvalue weighted by Gasteiger charge is 2.38. The smallest absolute Gasteiger partial charge is 0.0327 e. The van der Waals surface area contributed by atoms with Crippen molar-refractivity contribution in [3.63, 3.8) is 0 Å². The van der Waals surface area contributed by atoms with E-state index in [1.165, 1.54) is 19.3 Å². The van der Waals surface area contributed by atoms with Crippen LogP contribution in [0.5, 0.6) is 0 Å². The summed E-state index contributed by atoms with van der Waals surface area (Å²) in [5.74, 6) is 5.99. The summed E-state index contributed by atoms with van der Waals surface area (Å²) < 4.78 is 0. The Kier molecular flexibility index (Phi) is 4.44. The maximum atomic E-state index is 3.50. The number of rotatable bonds is 5. The van der Waals surface area contributed by atoms with Crippen LogP contribution in [0.2, 0.25) is 0 Å². The molecule has 2 heteroatoms. The highest BCUT2D eigenvalue weighted by atomic mass is 15.2. The van der Waals surface area contributed by atoms with Crippen LogP contribution < -0.4 is 5.32 Å². The molecule has 0 saturated heterocycles. The van der Waals surface area contributed by atoms with E-state index in [9.17, 15) is 0 Å². The van der Waals surface area contributed by atoms with E-state index >= 15 is 0 Å². The molecule has 0 amide bonds. The van der Waals surface area contributed by atoms with Crippen LogP contribution in [-0.4, -0.2) is 37.6 Å². The molecule has 0 aromatic heterocycles. The van der Waals surface area contributed by atoms with Crippen molar-refractivity contribution in [2.24, 2.45) is 0 Å². The van der Waals surface area contributed by atoms with E-state index in [1.807, 2.05) is 6.92 Å². The second kappa shape index (κ2) is 5.38. The van der Waals surface area contributed by atoms with E-state index in [-0.39, 0.29) is 0 Å². The van der Waals surface area contributed by atoms with Crippen molar-refractivity contribution in [1.82, 2.24) is 10.2 Å². The lowest BCUT2D eigenvalue weighted by atomic mass is 9.75.